The fraction of sp³-hybridized carbons (Fsp3) is 0.647. The van der Waals surface area contributed by atoms with Crippen LogP contribution in [0.1, 0.15) is 33.6 Å². The Kier molecular flexibility index (Phi) is 5.87. The Bertz CT molecular complexity index is 427. The van der Waals surface area contributed by atoms with Gasteiger partial charge in [0.1, 0.15) is 0 Å². The minimum atomic E-state index is -0.408. The molecule has 0 aliphatic carbocycles. The van der Waals surface area contributed by atoms with Gasteiger partial charge in [0.15, 0.2) is 0 Å². The van der Waals surface area contributed by atoms with Gasteiger partial charge in [-0.1, -0.05) is 0 Å². The summed E-state index contributed by atoms with van der Waals surface area (Å²) in [4.78, 5) is 0.488. The van der Waals surface area contributed by atoms with Crippen molar-refractivity contribution in [3.8, 4) is 0 Å². The molecule has 1 aliphatic rings. The monoisotopic (exact) mass is 358 g/mol. The molecule has 1 saturated heterocycles. The number of ether oxygens (including phenoxy) is 3. The molecule has 0 N–H and O–H groups in total. The predicted molar refractivity (Wildman–Crippen MR) is 86.2 cm³/mol. The maximum absolute atomic E-state index is 5.75. The summed E-state index contributed by atoms with van der Waals surface area (Å²) < 4.78 is 18.6. The summed E-state index contributed by atoms with van der Waals surface area (Å²) in [6.45, 7) is 7.83. The third-order valence-electron chi connectivity index (χ3n) is 4.08. The number of hydrogen-bond donors (Lipinski definition) is 0. The van der Waals surface area contributed by atoms with E-state index >= 15 is 0 Å². The van der Waals surface area contributed by atoms with Crippen LogP contribution in [0.25, 0.3) is 0 Å². The zero-order chi connectivity index (χ0) is 15.3. The number of benzene rings is 1. The van der Waals surface area contributed by atoms with Gasteiger partial charge in [0.25, 0.3) is 0 Å². The fourth-order valence-electron chi connectivity index (χ4n) is 2.44. The standard InChI is InChI=1S/C17H26O3Se/c1-16(2,18-4)15(21-14-8-6-5-7-9-14)10-11-17(3)19-12-13-20-17/h5-9,15H,10-13H2,1-4H3. The molecular weight excluding hydrogens is 331 g/mol. The van der Waals surface area contributed by atoms with Crippen LogP contribution in [0.2, 0.25) is 4.82 Å². The molecule has 118 valence electrons. The molecule has 1 aromatic carbocycles. The maximum atomic E-state index is 5.75. The summed E-state index contributed by atoms with van der Waals surface area (Å²) in [5.74, 6) is -0.408. The van der Waals surface area contributed by atoms with Gasteiger partial charge in [-0.05, 0) is 0 Å². The van der Waals surface area contributed by atoms with E-state index in [4.69, 9.17) is 14.2 Å². The van der Waals surface area contributed by atoms with E-state index in [0.29, 0.717) is 33.0 Å². The first-order valence-corrected chi connectivity index (χ1v) is 9.34. The third-order valence-corrected chi connectivity index (χ3v) is 7.51. The van der Waals surface area contributed by atoms with Gasteiger partial charge in [-0.2, -0.15) is 0 Å². The molecule has 3 nitrogen and oxygen atoms in total. The zero-order valence-corrected chi connectivity index (χ0v) is 15.1. The van der Waals surface area contributed by atoms with Crippen LogP contribution in [0.4, 0.5) is 0 Å². The van der Waals surface area contributed by atoms with E-state index < -0.39 is 5.79 Å². The van der Waals surface area contributed by atoms with Crippen molar-refractivity contribution in [2.24, 2.45) is 0 Å². The van der Waals surface area contributed by atoms with Crippen LogP contribution in [-0.2, 0) is 14.2 Å². The normalized spacial score (nSPS) is 19.6. The molecule has 1 atom stereocenters. The molecule has 2 rings (SSSR count). The summed E-state index contributed by atoms with van der Waals surface area (Å²) in [5, 5.41) is 0. The van der Waals surface area contributed by atoms with Crippen LogP contribution in [0.5, 0.6) is 0 Å². The second-order valence-corrected chi connectivity index (χ2v) is 8.77. The molecule has 0 aromatic heterocycles. The van der Waals surface area contributed by atoms with E-state index in [9.17, 15) is 0 Å². The van der Waals surface area contributed by atoms with Gasteiger partial charge in [0.05, 0.1) is 0 Å². The van der Waals surface area contributed by atoms with E-state index in [2.05, 4.69) is 44.2 Å². The first-order chi connectivity index (χ1) is 9.95. The SMILES string of the molecule is COC(C)(C)C(CCC1(C)OCCO1)[Se]c1ccccc1. The van der Waals surface area contributed by atoms with Gasteiger partial charge >= 0.3 is 134 Å². The molecule has 0 radical (unpaired) electrons. The predicted octanol–water partition coefficient (Wildman–Crippen LogP) is 2.77. The molecule has 1 unspecified atom stereocenters. The molecule has 1 aliphatic heterocycles. The fourth-order valence-corrected chi connectivity index (χ4v) is 5.08. The first-order valence-electron chi connectivity index (χ1n) is 7.50. The van der Waals surface area contributed by atoms with Crippen LogP contribution >= 0.6 is 0 Å². The van der Waals surface area contributed by atoms with Gasteiger partial charge in [-0.15, -0.1) is 0 Å². The Morgan fingerprint density at radius 2 is 1.86 bits per heavy atom. The number of rotatable bonds is 7. The molecule has 0 spiro atoms. The first kappa shape index (κ1) is 17.0. The van der Waals surface area contributed by atoms with Gasteiger partial charge in [0, 0.05) is 0 Å². The number of methoxy groups -OCH3 is 1. The zero-order valence-electron chi connectivity index (χ0n) is 13.4. The van der Waals surface area contributed by atoms with Crippen LogP contribution in [0.15, 0.2) is 30.3 Å². The molecule has 4 heteroatoms. The van der Waals surface area contributed by atoms with E-state index in [0.717, 1.165) is 12.8 Å². The average Bonchev–Trinajstić information content (AvgIpc) is 2.91. The average molecular weight is 357 g/mol. The molecule has 1 aromatic rings. The Balaban J connectivity index is 2.02. The van der Waals surface area contributed by atoms with Gasteiger partial charge in [0.2, 0.25) is 0 Å². The van der Waals surface area contributed by atoms with Crippen molar-refractivity contribution in [1.82, 2.24) is 0 Å². The second-order valence-electron chi connectivity index (χ2n) is 6.10. The molecule has 21 heavy (non-hydrogen) atoms. The molecule has 1 fully saturated rings. The molecule has 1 heterocycles. The second kappa shape index (κ2) is 7.25. The Morgan fingerprint density at radius 1 is 1.24 bits per heavy atom. The van der Waals surface area contributed by atoms with Crippen molar-refractivity contribution in [1.29, 1.82) is 0 Å². The molecule has 0 bridgehead atoms. The van der Waals surface area contributed by atoms with E-state index in [1.54, 1.807) is 7.11 Å². The van der Waals surface area contributed by atoms with Crippen molar-refractivity contribution in [2.45, 2.75) is 49.8 Å². The van der Waals surface area contributed by atoms with Crippen molar-refractivity contribution >= 4 is 19.4 Å². The summed E-state index contributed by atoms with van der Waals surface area (Å²) in [6.07, 6.45) is 1.96. The molecule has 0 saturated carbocycles. The Labute approximate surface area is 134 Å². The van der Waals surface area contributed by atoms with Crippen LogP contribution < -0.4 is 4.46 Å². The van der Waals surface area contributed by atoms with Gasteiger partial charge < -0.3 is 0 Å². The van der Waals surface area contributed by atoms with E-state index in [-0.39, 0.29) is 5.60 Å². The summed E-state index contributed by atoms with van der Waals surface area (Å²) >= 11 is 0.371. The van der Waals surface area contributed by atoms with Crippen molar-refractivity contribution < 1.29 is 14.2 Å². The van der Waals surface area contributed by atoms with Gasteiger partial charge in [-0.25, -0.2) is 0 Å². The molecule has 0 amide bonds. The third kappa shape index (κ3) is 4.80. The van der Waals surface area contributed by atoms with Crippen LogP contribution in [-0.4, -0.2) is 46.7 Å². The Hall–Kier alpha value is -0.381. The summed E-state index contributed by atoms with van der Waals surface area (Å²) in [6, 6.07) is 10.7. The van der Waals surface area contributed by atoms with Crippen molar-refractivity contribution in [3.63, 3.8) is 0 Å². The summed E-state index contributed by atoms with van der Waals surface area (Å²) in [7, 11) is 1.80. The van der Waals surface area contributed by atoms with Crippen LogP contribution in [0.3, 0.4) is 0 Å². The van der Waals surface area contributed by atoms with Crippen molar-refractivity contribution in [3.05, 3.63) is 30.3 Å². The van der Waals surface area contributed by atoms with E-state index in [1.165, 1.54) is 4.46 Å². The topological polar surface area (TPSA) is 27.7 Å². The quantitative estimate of drug-likeness (QED) is 0.703. The number of hydrogen-bond acceptors (Lipinski definition) is 3. The minimum absolute atomic E-state index is 0.134. The van der Waals surface area contributed by atoms with E-state index in [1.807, 2.05) is 6.92 Å². The summed E-state index contributed by atoms with van der Waals surface area (Å²) in [5.41, 5.74) is -0.134. The molecular formula is C17H26O3Se. The van der Waals surface area contributed by atoms with Crippen LogP contribution in [0, 0.1) is 0 Å². The Morgan fingerprint density at radius 3 is 2.43 bits per heavy atom. The van der Waals surface area contributed by atoms with Crippen molar-refractivity contribution in [2.75, 3.05) is 20.3 Å². The van der Waals surface area contributed by atoms with Gasteiger partial charge in [-0.3, -0.25) is 0 Å².